The minimum Gasteiger partial charge on any atom is -0.479 e. The molecule has 3 atom stereocenters. The van der Waals surface area contributed by atoms with Crippen LogP contribution in [0.2, 0.25) is 0 Å². The number of aliphatic carboxylic acids is 2. The number of aromatic nitrogens is 3. The number of benzene rings is 3. The fourth-order valence-corrected chi connectivity index (χ4v) is 5.11. The van der Waals surface area contributed by atoms with Gasteiger partial charge in [0.25, 0.3) is 0 Å². The quantitative estimate of drug-likeness (QED) is 0.133. The third-order valence-electron chi connectivity index (χ3n) is 7.67. The highest BCUT2D eigenvalue weighted by molar-refractivity contribution is 5.83. The van der Waals surface area contributed by atoms with Crippen molar-refractivity contribution in [2.45, 2.75) is 63.6 Å². The van der Waals surface area contributed by atoms with E-state index in [2.05, 4.69) is 10.2 Å². The van der Waals surface area contributed by atoms with Gasteiger partial charge in [-0.15, -0.1) is 10.2 Å². The summed E-state index contributed by atoms with van der Waals surface area (Å²) in [5, 5.41) is 25.2. The Bertz CT molecular complexity index is 1770. The number of fused-ring (bicyclic) bond motifs is 1. The van der Waals surface area contributed by atoms with Crippen LogP contribution < -0.4 is 5.73 Å². The van der Waals surface area contributed by atoms with Crippen LogP contribution in [-0.4, -0.2) is 72.5 Å². The second-order valence-corrected chi connectivity index (χ2v) is 11.5. The molecule has 0 saturated heterocycles. The summed E-state index contributed by atoms with van der Waals surface area (Å²) in [4.78, 5) is 36.4. The molecule has 1 aliphatic rings. The van der Waals surface area contributed by atoms with Crippen LogP contribution in [0.3, 0.4) is 0 Å². The number of carbonyl (C=O) groups is 3. The number of carboxylic acid groups (broad SMARTS) is 2. The molecule has 0 aliphatic carbocycles. The number of hydrogen-bond donors (Lipinski definition) is 3. The highest BCUT2D eigenvalue weighted by Gasteiger charge is 2.40. The second kappa shape index (κ2) is 17.7. The van der Waals surface area contributed by atoms with Gasteiger partial charge in [0.15, 0.2) is 29.7 Å². The molecular weight excluding hydrogens is 704 g/mol. The van der Waals surface area contributed by atoms with Gasteiger partial charge in [-0.3, -0.25) is 4.79 Å². The number of carboxylic acids is 2. The lowest BCUT2D eigenvalue weighted by Crippen LogP contribution is -2.43. The summed E-state index contributed by atoms with van der Waals surface area (Å²) in [6.45, 7) is -0.337. The van der Waals surface area contributed by atoms with Crippen molar-refractivity contribution in [3.05, 3.63) is 119 Å². The van der Waals surface area contributed by atoms with E-state index in [0.717, 1.165) is 15.7 Å². The fraction of sp³-hybridized carbons (Fsp3) is 0.324. The van der Waals surface area contributed by atoms with Crippen molar-refractivity contribution >= 4 is 17.8 Å². The zero-order valence-electron chi connectivity index (χ0n) is 27.2. The van der Waals surface area contributed by atoms with Crippen LogP contribution in [0.15, 0.2) is 72.8 Å². The predicted molar refractivity (Wildman–Crippen MR) is 168 cm³/mol. The summed E-state index contributed by atoms with van der Waals surface area (Å²) >= 11 is 0. The molecule has 4 aromatic rings. The summed E-state index contributed by atoms with van der Waals surface area (Å²) < 4.78 is 89.9. The Morgan fingerprint density at radius 1 is 0.788 bits per heavy atom. The molecule has 0 bridgehead atoms. The molecule has 12 nitrogen and oxygen atoms in total. The van der Waals surface area contributed by atoms with Crippen LogP contribution in [0.4, 0.5) is 26.3 Å². The summed E-state index contributed by atoms with van der Waals surface area (Å²) in [7, 11) is 0. The number of nitrogens with zero attached hydrogens (tertiary/aromatic N) is 4. The molecule has 52 heavy (non-hydrogen) atoms. The summed E-state index contributed by atoms with van der Waals surface area (Å²) in [6, 6.07) is 18.0. The Labute approximate surface area is 292 Å². The number of carbonyl (C=O) groups excluding carboxylic acids is 1. The molecule has 0 radical (unpaired) electrons. The molecule has 278 valence electrons. The number of amides is 1. The Morgan fingerprint density at radius 2 is 1.31 bits per heavy atom. The van der Waals surface area contributed by atoms with Crippen molar-refractivity contribution in [3.63, 3.8) is 0 Å². The van der Waals surface area contributed by atoms with Crippen LogP contribution in [0.25, 0.3) is 0 Å². The topological polar surface area (TPSA) is 170 Å². The number of nitrogens with two attached hydrogens (primary N) is 1. The van der Waals surface area contributed by atoms with Gasteiger partial charge in [-0.2, -0.15) is 13.2 Å². The molecule has 0 fully saturated rings. The standard InChI is InChI=1S/C18H18O6.C16H15F6N5O/c19-17(20)15(23-11-13-7-3-1-4-8-13)16(18(21)22)24-12-14-9-5-2-6-10-14;17-10-6-12(19)11(18)4-8(10)3-9(23)5-14(28)26-1-2-27-13(7-26)24-25-15(27)16(20,21)22/h1-10,15-16H,11-12H2,(H,19,20)(H,21,22);4,6,9H,1-3,5,7,23H2/t15-,16-;9-/m11/s1. The van der Waals surface area contributed by atoms with Crippen molar-refractivity contribution in [3.8, 4) is 0 Å². The van der Waals surface area contributed by atoms with Crippen LogP contribution in [-0.2, 0) is 62.8 Å². The average molecular weight is 738 g/mol. The van der Waals surface area contributed by atoms with Crippen molar-refractivity contribution in [1.29, 1.82) is 0 Å². The van der Waals surface area contributed by atoms with Crippen LogP contribution in [0.5, 0.6) is 0 Å². The number of halogens is 6. The Hall–Kier alpha value is -5.33. The van der Waals surface area contributed by atoms with Crippen molar-refractivity contribution in [1.82, 2.24) is 19.7 Å². The van der Waals surface area contributed by atoms with Gasteiger partial charge >= 0.3 is 18.1 Å². The van der Waals surface area contributed by atoms with Crippen molar-refractivity contribution < 1.29 is 60.4 Å². The van der Waals surface area contributed by atoms with E-state index in [0.29, 0.717) is 12.1 Å². The van der Waals surface area contributed by atoms with Gasteiger partial charge in [0.2, 0.25) is 11.7 Å². The Balaban J connectivity index is 0.000000236. The molecule has 18 heteroatoms. The van der Waals surface area contributed by atoms with Gasteiger partial charge in [0.05, 0.1) is 19.8 Å². The van der Waals surface area contributed by atoms with E-state index < -0.39 is 65.5 Å². The largest absolute Gasteiger partial charge is 0.479 e. The minimum absolute atomic E-state index is 0.000783. The molecule has 1 aromatic heterocycles. The first-order valence-electron chi connectivity index (χ1n) is 15.6. The normalized spacial score (nSPS) is 14.4. The van der Waals surface area contributed by atoms with Gasteiger partial charge in [-0.05, 0) is 29.2 Å². The van der Waals surface area contributed by atoms with E-state index in [-0.39, 0.29) is 57.1 Å². The van der Waals surface area contributed by atoms with E-state index >= 15 is 0 Å². The third kappa shape index (κ3) is 10.8. The molecule has 1 aliphatic heterocycles. The monoisotopic (exact) mass is 737 g/mol. The maximum Gasteiger partial charge on any atom is 0.451 e. The van der Waals surface area contributed by atoms with Gasteiger partial charge < -0.3 is 34.9 Å². The van der Waals surface area contributed by atoms with Crippen LogP contribution >= 0.6 is 0 Å². The fourth-order valence-electron chi connectivity index (χ4n) is 5.11. The molecule has 1 amide bonds. The lowest BCUT2D eigenvalue weighted by Gasteiger charge is -2.29. The second-order valence-electron chi connectivity index (χ2n) is 11.5. The van der Waals surface area contributed by atoms with Crippen LogP contribution in [0.1, 0.15) is 34.8 Å². The summed E-state index contributed by atoms with van der Waals surface area (Å²) in [5.41, 5.74) is 7.13. The van der Waals surface area contributed by atoms with Crippen molar-refractivity contribution in [2.24, 2.45) is 5.73 Å². The Kier molecular flexibility index (Phi) is 13.5. The van der Waals surface area contributed by atoms with E-state index in [1.165, 1.54) is 4.90 Å². The van der Waals surface area contributed by atoms with E-state index in [1.54, 1.807) is 48.5 Å². The van der Waals surface area contributed by atoms with Gasteiger partial charge in [0, 0.05) is 31.6 Å². The first kappa shape index (κ1) is 39.5. The van der Waals surface area contributed by atoms with Gasteiger partial charge in [0.1, 0.15) is 5.82 Å². The number of alkyl halides is 3. The summed E-state index contributed by atoms with van der Waals surface area (Å²) in [6.07, 6.45) is -8.32. The third-order valence-corrected chi connectivity index (χ3v) is 7.67. The van der Waals surface area contributed by atoms with Crippen LogP contribution in [0, 0.1) is 17.5 Å². The lowest BCUT2D eigenvalue weighted by atomic mass is 10.0. The van der Waals surface area contributed by atoms with Gasteiger partial charge in [-0.25, -0.2) is 22.8 Å². The highest BCUT2D eigenvalue weighted by atomic mass is 19.4. The number of rotatable bonds is 13. The predicted octanol–water partition coefficient (Wildman–Crippen LogP) is 4.34. The van der Waals surface area contributed by atoms with E-state index in [9.17, 15) is 50.9 Å². The first-order valence-corrected chi connectivity index (χ1v) is 15.6. The number of hydrogen-bond acceptors (Lipinski definition) is 8. The first-order chi connectivity index (χ1) is 24.6. The average Bonchev–Trinajstić information content (AvgIpc) is 3.54. The van der Waals surface area contributed by atoms with E-state index in [1.807, 2.05) is 12.1 Å². The molecule has 0 unspecified atom stereocenters. The molecule has 5 rings (SSSR count). The molecular formula is C34H33F6N5O7. The SMILES string of the molecule is N[C@@H](CC(=O)N1CCn2c(nnc2C(F)(F)F)C1)Cc1cc(F)c(F)cc1F.O=C(O)[C@H](OCc1ccccc1)[C@@H](OCc1ccccc1)C(=O)O. The molecule has 2 heterocycles. The maximum absolute atomic E-state index is 13.7. The number of ether oxygens (including phenoxy) is 2. The van der Waals surface area contributed by atoms with E-state index in [4.69, 9.17) is 15.2 Å². The molecule has 3 aromatic carbocycles. The van der Waals surface area contributed by atoms with Crippen molar-refractivity contribution in [2.75, 3.05) is 6.54 Å². The minimum atomic E-state index is -4.64. The molecule has 4 N–H and O–H groups in total. The molecule has 0 saturated carbocycles. The highest BCUT2D eigenvalue weighted by Crippen LogP contribution is 2.29. The Morgan fingerprint density at radius 3 is 1.81 bits per heavy atom. The lowest BCUT2D eigenvalue weighted by molar-refractivity contribution is -0.179. The molecule has 0 spiro atoms. The summed E-state index contributed by atoms with van der Waals surface area (Å²) in [5.74, 6) is -7.91. The smallest absolute Gasteiger partial charge is 0.451 e. The maximum atomic E-state index is 13.7. The zero-order valence-corrected chi connectivity index (χ0v) is 27.2. The zero-order chi connectivity index (χ0) is 38.0. The van der Waals surface area contributed by atoms with Gasteiger partial charge in [-0.1, -0.05) is 60.7 Å².